The Hall–Kier alpha value is -2.21. The molecule has 0 radical (unpaired) electrons. The number of hydrogen-bond acceptors (Lipinski definition) is 4. The largest absolute Gasteiger partial charge is 0.480 e. The third-order valence-corrected chi connectivity index (χ3v) is 3.59. The van der Waals surface area contributed by atoms with Gasteiger partial charge < -0.3 is 9.84 Å². The second-order valence-corrected chi connectivity index (χ2v) is 5.44. The maximum absolute atomic E-state index is 10.3. The van der Waals surface area contributed by atoms with Crippen LogP contribution in [-0.2, 0) is 35.3 Å². The van der Waals surface area contributed by atoms with Gasteiger partial charge in [0.25, 0.3) is 0 Å². The number of rotatable bonds is 10. The van der Waals surface area contributed by atoms with Crippen LogP contribution in [0.25, 0.3) is 0 Å². The molecule has 0 spiro atoms. The number of nitrogens with zero attached hydrogens (tertiary/aromatic N) is 3. The number of ether oxygens (including phenoxy) is 1. The summed E-state index contributed by atoms with van der Waals surface area (Å²) in [6, 6.07) is 8.66. The van der Waals surface area contributed by atoms with E-state index in [0.717, 1.165) is 37.9 Å². The quantitative estimate of drug-likeness (QED) is 0.679. The monoisotopic (exact) mass is 317 g/mol. The zero-order valence-electron chi connectivity index (χ0n) is 13.4. The Kier molecular flexibility index (Phi) is 6.75. The van der Waals surface area contributed by atoms with Crippen LogP contribution in [0.5, 0.6) is 0 Å². The molecule has 0 aliphatic carbocycles. The molecule has 1 heterocycles. The SMILES string of the molecule is CCc1ccc(CCn2cc(CCCOCC(=O)O)nn2)cc1. The van der Waals surface area contributed by atoms with E-state index in [-0.39, 0.29) is 6.61 Å². The van der Waals surface area contributed by atoms with Crippen LogP contribution in [0.3, 0.4) is 0 Å². The van der Waals surface area contributed by atoms with E-state index in [4.69, 9.17) is 9.84 Å². The highest BCUT2D eigenvalue weighted by molar-refractivity contribution is 5.67. The number of hydrogen-bond donors (Lipinski definition) is 1. The Morgan fingerprint density at radius 1 is 1.22 bits per heavy atom. The molecule has 0 amide bonds. The maximum Gasteiger partial charge on any atom is 0.329 e. The molecule has 1 aromatic carbocycles. The van der Waals surface area contributed by atoms with Crippen molar-refractivity contribution in [3.05, 3.63) is 47.3 Å². The molecule has 0 atom stereocenters. The molecule has 1 aromatic heterocycles. The second kappa shape index (κ2) is 9.05. The van der Waals surface area contributed by atoms with Gasteiger partial charge in [-0.3, -0.25) is 4.68 Å². The third-order valence-electron chi connectivity index (χ3n) is 3.59. The fraction of sp³-hybridized carbons (Fsp3) is 0.471. The molecule has 6 nitrogen and oxygen atoms in total. The van der Waals surface area contributed by atoms with Gasteiger partial charge in [-0.2, -0.15) is 0 Å². The molecule has 0 aliphatic rings. The summed E-state index contributed by atoms with van der Waals surface area (Å²) in [6.07, 6.45) is 5.41. The number of aromatic nitrogens is 3. The molecule has 124 valence electrons. The van der Waals surface area contributed by atoms with Crippen LogP contribution in [0.2, 0.25) is 0 Å². The zero-order valence-corrected chi connectivity index (χ0v) is 13.4. The molecular formula is C17H23N3O3. The summed E-state index contributed by atoms with van der Waals surface area (Å²) in [7, 11) is 0. The molecule has 2 rings (SSSR count). The molecule has 0 aliphatic heterocycles. The van der Waals surface area contributed by atoms with E-state index in [0.29, 0.717) is 6.61 Å². The van der Waals surface area contributed by atoms with E-state index in [9.17, 15) is 4.79 Å². The lowest BCUT2D eigenvalue weighted by Crippen LogP contribution is -2.08. The molecule has 0 unspecified atom stereocenters. The van der Waals surface area contributed by atoms with Gasteiger partial charge in [0.05, 0.1) is 5.69 Å². The van der Waals surface area contributed by atoms with Gasteiger partial charge in [0.2, 0.25) is 0 Å². The number of carboxylic acids is 1. The summed E-state index contributed by atoms with van der Waals surface area (Å²) >= 11 is 0. The summed E-state index contributed by atoms with van der Waals surface area (Å²) in [5.74, 6) is -0.942. The summed E-state index contributed by atoms with van der Waals surface area (Å²) in [5, 5.41) is 16.7. The Morgan fingerprint density at radius 3 is 2.65 bits per heavy atom. The first-order valence-electron chi connectivity index (χ1n) is 7.93. The number of carboxylic acid groups (broad SMARTS) is 1. The van der Waals surface area contributed by atoms with Crippen LogP contribution in [0.1, 0.15) is 30.2 Å². The van der Waals surface area contributed by atoms with Crippen LogP contribution in [-0.4, -0.2) is 39.3 Å². The first-order valence-corrected chi connectivity index (χ1v) is 7.93. The van der Waals surface area contributed by atoms with Gasteiger partial charge in [-0.1, -0.05) is 36.4 Å². The minimum Gasteiger partial charge on any atom is -0.480 e. The first kappa shape index (κ1) is 17.1. The van der Waals surface area contributed by atoms with Gasteiger partial charge in [0.1, 0.15) is 6.61 Å². The van der Waals surface area contributed by atoms with Crippen molar-refractivity contribution in [3.63, 3.8) is 0 Å². The van der Waals surface area contributed by atoms with Crippen molar-refractivity contribution in [1.82, 2.24) is 15.0 Å². The van der Waals surface area contributed by atoms with Crippen molar-refractivity contribution in [3.8, 4) is 0 Å². The molecule has 2 aromatic rings. The zero-order chi connectivity index (χ0) is 16.5. The Balaban J connectivity index is 1.70. The molecule has 23 heavy (non-hydrogen) atoms. The van der Waals surface area contributed by atoms with E-state index in [1.807, 2.05) is 10.9 Å². The highest BCUT2D eigenvalue weighted by Crippen LogP contribution is 2.07. The standard InChI is InChI=1S/C17H23N3O3/c1-2-14-5-7-15(8-6-14)9-10-20-12-16(18-19-20)4-3-11-23-13-17(21)22/h5-8,12H,2-4,9-11,13H2,1H3,(H,21,22). The average molecular weight is 317 g/mol. The lowest BCUT2D eigenvalue weighted by Gasteiger charge is -2.03. The molecule has 1 N–H and O–H groups in total. The lowest BCUT2D eigenvalue weighted by atomic mass is 10.1. The van der Waals surface area contributed by atoms with Gasteiger partial charge in [-0.15, -0.1) is 5.10 Å². The van der Waals surface area contributed by atoms with Gasteiger partial charge in [0.15, 0.2) is 0 Å². The van der Waals surface area contributed by atoms with E-state index >= 15 is 0 Å². The summed E-state index contributed by atoms with van der Waals surface area (Å²) in [6.45, 7) is 3.12. The lowest BCUT2D eigenvalue weighted by molar-refractivity contribution is -0.142. The van der Waals surface area contributed by atoms with E-state index in [1.54, 1.807) is 0 Å². The van der Waals surface area contributed by atoms with Crippen molar-refractivity contribution in [2.24, 2.45) is 0 Å². The van der Waals surface area contributed by atoms with Crippen LogP contribution in [0.15, 0.2) is 30.5 Å². The Labute approximate surface area is 136 Å². The fourth-order valence-electron chi connectivity index (χ4n) is 2.26. The minimum atomic E-state index is -0.942. The van der Waals surface area contributed by atoms with Gasteiger partial charge in [0, 0.05) is 19.3 Å². The van der Waals surface area contributed by atoms with E-state index in [2.05, 4.69) is 41.5 Å². The predicted octanol–water partition coefficient (Wildman–Crippen LogP) is 2.12. The van der Waals surface area contributed by atoms with Gasteiger partial charge in [-0.25, -0.2) is 4.79 Å². The molecule has 0 saturated heterocycles. The second-order valence-electron chi connectivity index (χ2n) is 5.44. The average Bonchev–Trinajstić information content (AvgIpc) is 3.00. The van der Waals surface area contributed by atoms with E-state index in [1.165, 1.54) is 11.1 Å². The fourth-order valence-corrected chi connectivity index (χ4v) is 2.26. The Morgan fingerprint density at radius 2 is 1.96 bits per heavy atom. The maximum atomic E-state index is 10.3. The third kappa shape index (κ3) is 6.20. The van der Waals surface area contributed by atoms with Crippen LogP contribution < -0.4 is 0 Å². The van der Waals surface area contributed by atoms with E-state index < -0.39 is 5.97 Å². The van der Waals surface area contributed by atoms with Crippen LogP contribution in [0.4, 0.5) is 0 Å². The van der Waals surface area contributed by atoms with Crippen molar-refractivity contribution in [1.29, 1.82) is 0 Å². The number of carbonyl (C=O) groups is 1. The molecule has 6 heteroatoms. The number of aryl methyl sites for hydroxylation is 4. The minimum absolute atomic E-state index is 0.247. The van der Waals surface area contributed by atoms with Crippen molar-refractivity contribution in [2.45, 2.75) is 39.2 Å². The van der Waals surface area contributed by atoms with Crippen molar-refractivity contribution >= 4 is 5.97 Å². The normalized spacial score (nSPS) is 10.8. The highest BCUT2D eigenvalue weighted by Gasteiger charge is 2.02. The highest BCUT2D eigenvalue weighted by atomic mass is 16.5. The topological polar surface area (TPSA) is 77.2 Å². The number of benzene rings is 1. The Bertz CT molecular complexity index is 608. The van der Waals surface area contributed by atoms with Crippen LogP contribution in [0, 0.1) is 0 Å². The smallest absolute Gasteiger partial charge is 0.329 e. The number of aliphatic carboxylic acids is 1. The summed E-state index contributed by atoms with van der Waals surface area (Å²) in [5.41, 5.74) is 3.55. The molecule has 0 fully saturated rings. The van der Waals surface area contributed by atoms with Gasteiger partial charge in [-0.05, 0) is 36.8 Å². The molecular weight excluding hydrogens is 294 g/mol. The predicted molar refractivity (Wildman–Crippen MR) is 86.3 cm³/mol. The van der Waals surface area contributed by atoms with Crippen LogP contribution >= 0.6 is 0 Å². The first-order chi connectivity index (χ1) is 11.2. The summed E-state index contributed by atoms with van der Waals surface area (Å²) < 4.78 is 6.84. The van der Waals surface area contributed by atoms with Gasteiger partial charge >= 0.3 is 5.97 Å². The molecule has 0 saturated carbocycles. The summed E-state index contributed by atoms with van der Waals surface area (Å²) in [4.78, 5) is 10.3. The van der Waals surface area contributed by atoms with Crippen molar-refractivity contribution < 1.29 is 14.6 Å². The molecule has 0 bridgehead atoms. The van der Waals surface area contributed by atoms with Crippen molar-refractivity contribution in [2.75, 3.05) is 13.2 Å².